The van der Waals surface area contributed by atoms with Crippen LogP contribution in [-0.2, 0) is 0 Å². The lowest BCUT2D eigenvalue weighted by Gasteiger charge is -2.50. The van der Waals surface area contributed by atoms with Crippen LogP contribution >= 0.6 is 0 Å². The second-order valence-corrected chi connectivity index (χ2v) is 9.39. The summed E-state index contributed by atoms with van der Waals surface area (Å²) in [7, 11) is 0. The lowest BCUT2D eigenvalue weighted by atomic mass is 9.82. The number of amidine groups is 1. The van der Waals surface area contributed by atoms with E-state index in [0.717, 1.165) is 30.4 Å². The second kappa shape index (κ2) is 8.02. The fourth-order valence-electron chi connectivity index (χ4n) is 5.77. The molecular weight excluding hydrogens is 342 g/mol. The summed E-state index contributed by atoms with van der Waals surface area (Å²) in [5, 5.41) is 9.26. The molecule has 4 aliphatic rings. The predicted molar refractivity (Wildman–Crippen MR) is 119 cm³/mol. The first-order valence-electron chi connectivity index (χ1n) is 11.4. The fraction of sp³-hybridized carbons (Fsp3) is 0.640. The molecule has 3 nitrogen and oxygen atoms in total. The van der Waals surface area contributed by atoms with Crippen molar-refractivity contribution in [1.29, 1.82) is 5.41 Å². The van der Waals surface area contributed by atoms with Gasteiger partial charge < -0.3 is 9.80 Å². The van der Waals surface area contributed by atoms with Crippen LogP contribution in [0, 0.1) is 31.1 Å². The number of piperidine rings is 3. The molecule has 0 saturated carbocycles. The lowest BCUT2D eigenvalue weighted by molar-refractivity contribution is 0.0332. The Balaban J connectivity index is 1.76. The van der Waals surface area contributed by atoms with Crippen LogP contribution in [0.2, 0.25) is 0 Å². The third-order valence-corrected chi connectivity index (χ3v) is 7.53. The monoisotopic (exact) mass is 379 g/mol. The number of fused-ring (bicyclic) bond motifs is 5. The minimum Gasteiger partial charge on any atom is -0.352 e. The topological polar surface area (TPSA) is 30.3 Å². The smallest absolute Gasteiger partial charge is 0.128 e. The standard InChI is InChI=1S/C25H37N3/c1-5-20-7-6-10-28(24-16-27-11-8-21(24)9-12-27)25(26)23-14-17(2)13-22(19(23)4)18(3)15-20/h13-15,20-21,24,26H,5-12,16H2,1-4H3. The Hall–Kier alpha value is -1.61. The number of hydrogen-bond donors (Lipinski definition) is 1. The first-order chi connectivity index (χ1) is 13.5. The third-order valence-electron chi connectivity index (χ3n) is 7.53. The first-order valence-corrected chi connectivity index (χ1v) is 11.4. The quantitative estimate of drug-likeness (QED) is 0.761. The number of allylic oxidation sites excluding steroid dienone is 2. The average Bonchev–Trinajstić information content (AvgIpc) is 2.72. The Morgan fingerprint density at radius 3 is 2.36 bits per heavy atom. The number of hydrogen-bond acceptors (Lipinski definition) is 2. The normalized spacial score (nSPS) is 30.8. The van der Waals surface area contributed by atoms with E-state index in [9.17, 15) is 5.41 Å². The highest BCUT2D eigenvalue weighted by Crippen LogP contribution is 2.34. The van der Waals surface area contributed by atoms with Crippen molar-refractivity contribution in [1.82, 2.24) is 9.80 Å². The number of rotatable bonds is 2. The molecular formula is C25H37N3. The maximum Gasteiger partial charge on any atom is 0.128 e. The van der Waals surface area contributed by atoms with Crippen molar-refractivity contribution in [2.24, 2.45) is 11.8 Å². The zero-order valence-corrected chi connectivity index (χ0v) is 18.2. The highest BCUT2D eigenvalue weighted by atomic mass is 15.3. The molecule has 1 aromatic rings. The maximum atomic E-state index is 9.26. The van der Waals surface area contributed by atoms with Crippen LogP contribution in [0.25, 0.3) is 5.57 Å². The van der Waals surface area contributed by atoms with Crippen LogP contribution < -0.4 is 0 Å². The van der Waals surface area contributed by atoms with Gasteiger partial charge >= 0.3 is 0 Å². The van der Waals surface area contributed by atoms with E-state index in [1.165, 1.54) is 67.5 Å². The first kappa shape index (κ1) is 19.7. The van der Waals surface area contributed by atoms with Crippen LogP contribution in [0.3, 0.4) is 0 Å². The van der Waals surface area contributed by atoms with E-state index < -0.39 is 0 Å². The van der Waals surface area contributed by atoms with Crippen LogP contribution in [0.4, 0.5) is 0 Å². The summed E-state index contributed by atoms with van der Waals surface area (Å²) in [6.45, 7) is 13.7. The van der Waals surface area contributed by atoms with Gasteiger partial charge in [0.25, 0.3) is 0 Å². The SMILES string of the molecule is CCC1C=C(C)c2cc(C)cc(c2C)C(=N)N(C2CN3CCC2CC3)CCC1. The van der Waals surface area contributed by atoms with E-state index in [-0.39, 0.29) is 0 Å². The minimum absolute atomic E-state index is 0.522. The van der Waals surface area contributed by atoms with Gasteiger partial charge in [0.1, 0.15) is 5.84 Å². The van der Waals surface area contributed by atoms with Crippen molar-refractivity contribution in [3.63, 3.8) is 0 Å². The van der Waals surface area contributed by atoms with Gasteiger partial charge in [-0.15, -0.1) is 0 Å². The summed E-state index contributed by atoms with van der Waals surface area (Å²) in [6, 6.07) is 5.09. The Labute approximate surface area is 171 Å². The van der Waals surface area contributed by atoms with Gasteiger partial charge in [0.2, 0.25) is 0 Å². The highest BCUT2D eigenvalue weighted by Gasteiger charge is 2.38. The molecule has 3 saturated heterocycles. The zero-order chi connectivity index (χ0) is 19.8. The molecule has 0 aliphatic carbocycles. The average molecular weight is 380 g/mol. The molecule has 0 spiro atoms. The Morgan fingerprint density at radius 1 is 1.00 bits per heavy atom. The molecule has 3 heteroatoms. The van der Waals surface area contributed by atoms with E-state index >= 15 is 0 Å². The lowest BCUT2D eigenvalue weighted by Crippen LogP contribution is -2.59. The van der Waals surface area contributed by atoms with Crippen molar-refractivity contribution in [2.45, 2.75) is 65.8 Å². The Bertz CT molecular complexity index is 770. The van der Waals surface area contributed by atoms with Crippen molar-refractivity contribution in [2.75, 3.05) is 26.2 Å². The summed E-state index contributed by atoms with van der Waals surface area (Å²) in [4.78, 5) is 5.12. The Kier molecular flexibility index (Phi) is 5.64. The number of benzene rings is 1. The molecule has 4 aliphatic heterocycles. The fourth-order valence-corrected chi connectivity index (χ4v) is 5.77. The molecule has 4 heterocycles. The van der Waals surface area contributed by atoms with Gasteiger partial charge in [-0.05, 0) is 106 Å². The van der Waals surface area contributed by atoms with E-state index in [1.54, 1.807) is 0 Å². The van der Waals surface area contributed by atoms with Gasteiger partial charge in [0, 0.05) is 24.7 Å². The van der Waals surface area contributed by atoms with Gasteiger partial charge in [-0.25, -0.2) is 0 Å². The van der Waals surface area contributed by atoms with Crippen molar-refractivity contribution >= 4 is 11.4 Å². The van der Waals surface area contributed by atoms with E-state index in [0.29, 0.717) is 12.0 Å². The molecule has 0 aromatic heterocycles. The second-order valence-electron chi connectivity index (χ2n) is 9.39. The zero-order valence-electron chi connectivity index (χ0n) is 18.2. The maximum absolute atomic E-state index is 9.26. The molecule has 1 N–H and O–H groups in total. The largest absolute Gasteiger partial charge is 0.352 e. The molecule has 152 valence electrons. The molecule has 3 fully saturated rings. The molecule has 0 radical (unpaired) electrons. The predicted octanol–water partition coefficient (Wildman–Crippen LogP) is 5.25. The summed E-state index contributed by atoms with van der Waals surface area (Å²) < 4.78 is 0. The molecule has 2 unspecified atom stereocenters. The highest BCUT2D eigenvalue weighted by molar-refractivity contribution is 5.99. The van der Waals surface area contributed by atoms with E-state index in [2.05, 4.69) is 55.7 Å². The number of aryl methyl sites for hydroxylation is 1. The van der Waals surface area contributed by atoms with Crippen LogP contribution in [-0.4, -0.2) is 47.9 Å². The van der Waals surface area contributed by atoms with Gasteiger partial charge in [-0.1, -0.05) is 19.1 Å². The van der Waals surface area contributed by atoms with Crippen molar-refractivity contribution < 1.29 is 0 Å². The van der Waals surface area contributed by atoms with Gasteiger partial charge in [-0.2, -0.15) is 0 Å². The third kappa shape index (κ3) is 3.66. The van der Waals surface area contributed by atoms with Crippen LogP contribution in [0.15, 0.2) is 18.2 Å². The van der Waals surface area contributed by atoms with Crippen LogP contribution in [0.5, 0.6) is 0 Å². The molecule has 0 amide bonds. The van der Waals surface area contributed by atoms with E-state index in [4.69, 9.17) is 0 Å². The molecule has 28 heavy (non-hydrogen) atoms. The summed E-state index contributed by atoms with van der Waals surface area (Å²) in [5.41, 5.74) is 6.43. The van der Waals surface area contributed by atoms with Gasteiger partial charge in [0.15, 0.2) is 0 Å². The minimum atomic E-state index is 0.522. The van der Waals surface area contributed by atoms with Crippen LogP contribution in [0.1, 0.15) is 68.2 Å². The van der Waals surface area contributed by atoms with Crippen molar-refractivity contribution in [3.8, 4) is 0 Å². The number of nitrogens with zero attached hydrogens (tertiary/aromatic N) is 2. The van der Waals surface area contributed by atoms with Crippen molar-refractivity contribution in [3.05, 3.63) is 40.5 Å². The summed E-state index contributed by atoms with van der Waals surface area (Å²) in [6.07, 6.45) is 8.73. The summed E-state index contributed by atoms with van der Waals surface area (Å²) >= 11 is 0. The number of nitrogens with one attached hydrogen (secondary N) is 1. The van der Waals surface area contributed by atoms with E-state index in [1.807, 2.05) is 0 Å². The molecule has 5 rings (SSSR count). The molecule has 1 aromatic carbocycles. The molecule has 4 bridgehead atoms. The Morgan fingerprint density at radius 2 is 1.71 bits per heavy atom. The summed E-state index contributed by atoms with van der Waals surface area (Å²) in [5.74, 6) is 2.18. The van der Waals surface area contributed by atoms with Gasteiger partial charge in [-0.3, -0.25) is 5.41 Å². The van der Waals surface area contributed by atoms with Gasteiger partial charge in [0.05, 0.1) is 0 Å². The molecule has 2 atom stereocenters.